The van der Waals surface area contributed by atoms with E-state index in [-0.39, 0.29) is 11.9 Å². The van der Waals surface area contributed by atoms with Crippen LogP contribution in [-0.4, -0.2) is 13.1 Å². The third kappa shape index (κ3) is 1.70. The van der Waals surface area contributed by atoms with Crippen LogP contribution in [0.1, 0.15) is 37.2 Å². The third-order valence-corrected chi connectivity index (χ3v) is 3.90. The Morgan fingerprint density at radius 2 is 2.00 bits per heavy atom. The number of carbonyl (C=O) groups excluding carboxylic acids is 1. The van der Waals surface area contributed by atoms with Gasteiger partial charge in [0.1, 0.15) is 11.5 Å². The van der Waals surface area contributed by atoms with E-state index in [2.05, 4.69) is 0 Å². The maximum Gasteiger partial charge on any atom is 0.314 e. The highest BCUT2D eigenvalue weighted by atomic mass is 16.5. The van der Waals surface area contributed by atoms with Crippen molar-refractivity contribution < 1.29 is 14.3 Å². The highest BCUT2D eigenvalue weighted by molar-refractivity contribution is 5.79. The van der Waals surface area contributed by atoms with Gasteiger partial charge in [0.2, 0.25) is 0 Å². The van der Waals surface area contributed by atoms with Crippen molar-refractivity contribution in [1.29, 1.82) is 0 Å². The van der Waals surface area contributed by atoms with Gasteiger partial charge in [-0.15, -0.1) is 0 Å². The average molecular weight is 232 g/mol. The molecule has 1 fully saturated rings. The maximum atomic E-state index is 11.9. The lowest BCUT2D eigenvalue weighted by Gasteiger charge is -2.35. The van der Waals surface area contributed by atoms with Crippen molar-refractivity contribution in [2.75, 3.05) is 7.11 Å². The first kappa shape index (κ1) is 10.6. The molecule has 3 rings (SSSR count). The molecule has 3 heteroatoms. The average Bonchev–Trinajstić information content (AvgIpc) is 2.38. The van der Waals surface area contributed by atoms with E-state index < -0.39 is 0 Å². The summed E-state index contributed by atoms with van der Waals surface area (Å²) in [4.78, 5) is 11.9. The van der Waals surface area contributed by atoms with Gasteiger partial charge >= 0.3 is 5.97 Å². The van der Waals surface area contributed by atoms with Gasteiger partial charge in [-0.1, -0.05) is 18.9 Å². The molecule has 17 heavy (non-hydrogen) atoms. The molecule has 1 aliphatic carbocycles. The molecular weight excluding hydrogens is 216 g/mol. The third-order valence-electron chi connectivity index (χ3n) is 3.90. The molecule has 2 atom stereocenters. The molecule has 0 saturated heterocycles. The summed E-state index contributed by atoms with van der Waals surface area (Å²) in [6, 6.07) is 5.81. The molecule has 0 spiro atoms. The van der Waals surface area contributed by atoms with Crippen LogP contribution >= 0.6 is 0 Å². The topological polar surface area (TPSA) is 35.5 Å². The lowest BCUT2D eigenvalue weighted by molar-refractivity contribution is -0.142. The molecule has 1 aromatic rings. The number of benzene rings is 1. The van der Waals surface area contributed by atoms with Crippen LogP contribution in [0, 0.1) is 5.92 Å². The number of esters is 1. The fourth-order valence-corrected chi connectivity index (χ4v) is 3.01. The standard InChI is InChI=1S/C14H16O3/c1-16-9-6-7-11-10-4-2-3-5-12(10)14(15)17-13(11)8-9/h6-8,10,12H,2-5H2,1H3/t10-,12-/m0/s1. The fraction of sp³-hybridized carbons (Fsp3) is 0.500. The highest BCUT2D eigenvalue weighted by Crippen LogP contribution is 2.46. The molecule has 1 heterocycles. The Balaban J connectivity index is 2.02. The fourth-order valence-electron chi connectivity index (χ4n) is 3.01. The van der Waals surface area contributed by atoms with Crippen LogP contribution in [0.4, 0.5) is 0 Å². The van der Waals surface area contributed by atoms with Crippen LogP contribution in [0.25, 0.3) is 0 Å². The minimum absolute atomic E-state index is 0.0598. The summed E-state index contributed by atoms with van der Waals surface area (Å²) in [5, 5.41) is 0. The van der Waals surface area contributed by atoms with E-state index in [1.807, 2.05) is 18.2 Å². The summed E-state index contributed by atoms with van der Waals surface area (Å²) < 4.78 is 10.6. The van der Waals surface area contributed by atoms with Crippen molar-refractivity contribution >= 4 is 5.97 Å². The minimum atomic E-state index is -0.0598. The summed E-state index contributed by atoms with van der Waals surface area (Å²) in [7, 11) is 1.62. The lowest BCUT2D eigenvalue weighted by atomic mass is 9.74. The molecular formula is C14H16O3. The predicted octanol–water partition coefficient (Wildman–Crippen LogP) is 2.89. The quantitative estimate of drug-likeness (QED) is 0.551. The van der Waals surface area contributed by atoms with Gasteiger partial charge < -0.3 is 9.47 Å². The van der Waals surface area contributed by atoms with Crippen LogP contribution in [-0.2, 0) is 4.79 Å². The van der Waals surface area contributed by atoms with Crippen LogP contribution in [0.15, 0.2) is 18.2 Å². The molecule has 1 aliphatic heterocycles. The monoisotopic (exact) mass is 232 g/mol. The number of hydrogen-bond acceptors (Lipinski definition) is 3. The Bertz CT molecular complexity index is 453. The van der Waals surface area contributed by atoms with Crippen molar-refractivity contribution in [3.63, 3.8) is 0 Å². The zero-order valence-corrected chi connectivity index (χ0v) is 9.94. The van der Waals surface area contributed by atoms with Crippen molar-refractivity contribution in [3.8, 4) is 11.5 Å². The summed E-state index contributed by atoms with van der Waals surface area (Å²) in [5.41, 5.74) is 1.18. The second-order valence-electron chi connectivity index (χ2n) is 4.82. The molecule has 0 unspecified atom stereocenters. The van der Waals surface area contributed by atoms with Gasteiger partial charge in [-0.05, 0) is 24.5 Å². The predicted molar refractivity (Wildman–Crippen MR) is 63.3 cm³/mol. The molecule has 0 aromatic heterocycles. The lowest BCUT2D eigenvalue weighted by Crippen LogP contribution is -2.33. The van der Waals surface area contributed by atoms with E-state index in [1.165, 1.54) is 12.0 Å². The Hall–Kier alpha value is -1.51. The van der Waals surface area contributed by atoms with Gasteiger partial charge in [0.15, 0.2) is 0 Å². The number of rotatable bonds is 1. The highest BCUT2D eigenvalue weighted by Gasteiger charge is 2.39. The van der Waals surface area contributed by atoms with E-state index in [0.717, 1.165) is 25.0 Å². The zero-order valence-electron chi connectivity index (χ0n) is 9.94. The van der Waals surface area contributed by atoms with Crippen LogP contribution < -0.4 is 9.47 Å². The van der Waals surface area contributed by atoms with Crippen molar-refractivity contribution in [2.24, 2.45) is 5.92 Å². The van der Waals surface area contributed by atoms with Crippen molar-refractivity contribution in [3.05, 3.63) is 23.8 Å². The van der Waals surface area contributed by atoms with E-state index in [0.29, 0.717) is 11.7 Å². The molecule has 3 nitrogen and oxygen atoms in total. The first-order valence-corrected chi connectivity index (χ1v) is 6.19. The molecule has 0 radical (unpaired) electrons. The first-order valence-electron chi connectivity index (χ1n) is 6.19. The van der Waals surface area contributed by atoms with Crippen LogP contribution in [0.2, 0.25) is 0 Å². The van der Waals surface area contributed by atoms with Gasteiger partial charge in [0.05, 0.1) is 13.0 Å². The van der Waals surface area contributed by atoms with Gasteiger partial charge in [0.25, 0.3) is 0 Å². The maximum absolute atomic E-state index is 11.9. The van der Waals surface area contributed by atoms with E-state index >= 15 is 0 Å². The SMILES string of the molecule is COc1ccc2c(c1)OC(=O)[C@H]1CCCC[C@@H]21. The minimum Gasteiger partial charge on any atom is -0.497 e. The molecule has 0 bridgehead atoms. The second-order valence-corrected chi connectivity index (χ2v) is 4.82. The Morgan fingerprint density at radius 1 is 1.24 bits per heavy atom. The molecule has 2 aliphatic rings. The van der Waals surface area contributed by atoms with Gasteiger partial charge in [-0.3, -0.25) is 4.79 Å². The van der Waals surface area contributed by atoms with E-state index in [9.17, 15) is 4.79 Å². The van der Waals surface area contributed by atoms with Gasteiger partial charge in [-0.25, -0.2) is 0 Å². The van der Waals surface area contributed by atoms with Gasteiger partial charge in [0, 0.05) is 12.0 Å². The normalized spacial score (nSPS) is 26.8. The van der Waals surface area contributed by atoms with Crippen LogP contribution in [0.5, 0.6) is 11.5 Å². The van der Waals surface area contributed by atoms with E-state index in [1.54, 1.807) is 7.11 Å². The molecule has 90 valence electrons. The second kappa shape index (κ2) is 4.06. The van der Waals surface area contributed by atoms with Crippen LogP contribution in [0.3, 0.4) is 0 Å². The Labute approximate surface area is 101 Å². The molecule has 0 amide bonds. The summed E-state index contributed by atoms with van der Waals surface area (Å²) in [5.74, 6) is 1.80. The summed E-state index contributed by atoms with van der Waals surface area (Å²) >= 11 is 0. The molecule has 0 N–H and O–H groups in total. The smallest absolute Gasteiger partial charge is 0.314 e. The number of methoxy groups -OCH3 is 1. The number of hydrogen-bond donors (Lipinski definition) is 0. The van der Waals surface area contributed by atoms with Crippen molar-refractivity contribution in [2.45, 2.75) is 31.6 Å². The largest absolute Gasteiger partial charge is 0.497 e. The molecule has 1 saturated carbocycles. The van der Waals surface area contributed by atoms with Gasteiger partial charge in [-0.2, -0.15) is 0 Å². The molecule has 1 aromatic carbocycles. The number of fused-ring (bicyclic) bond motifs is 3. The number of ether oxygens (including phenoxy) is 2. The summed E-state index contributed by atoms with van der Waals surface area (Å²) in [6.07, 6.45) is 4.41. The van der Waals surface area contributed by atoms with Crippen molar-refractivity contribution in [1.82, 2.24) is 0 Å². The zero-order chi connectivity index (χ0) is 11.8. The number of carbonyl (C=O) groups is 1. The Kier molecular flexibility index (Phi) is 2.54. The summed E-state index contributed by atoms with van der Waals surface area (Å²) in [6.45, 7) is 0. The first-order chi connectivity index (χ1) is 8.29. The van der Waals surface area contributed by atoms with E-state index in [4.69, 9.17) is 9.47 Å². The Morgan fingerprint density at radius 3 is 2.76 bits per heavy atom.